The molecule has 0 fully saturated rings. The van der Waals surface area contributed by atoms with Gasteiger partial charge in [-0.05, 0) is 18.3 Å². The van der Waals surface area contributed by atoms with Crippen molar-refractivity contribution in [1.29, 1.82) is 0 Å². The molecule has 0 aromatic carbocycles. The predicted octanol–water partition coefficient (Wildman–Crippen LogP) is -0.615. The summed E-state index contributed by atoms with van der Waals surface area (Å²) >= 11 is 0. The predicted molar refractivity (Wildman–Crippen MR) is 125 cm³/mol. The van der Waals surface area contributed by atoms with Crippen LogP contribution in [0.5, 0.6) is 0 Å². The number of nitrogens with zero attached hydrogens (tertiary/aromatic N) is 1. The number of H-pyrrole nitrogens is 1. The van der Waals surface area contributed by atoms with E-state index in [1.165, 1.54) is 12.5 Å². The first kappa shape index (κ1) is 29.6. The van der Waals surface area contributed by atoms with E-state index in [1.54, 1.807) is 13.8 Å². The van der Waals surface area contributed by atoms with E-state index in [0.717, 1.165) is 0 Å². The van der Waals surface area contributed by atoms with Crippen LogP contribution in [0, 0.1) is 11.8 Å². The molecule has 0 radical (unpaired) electrons. The van der Waals surface area contributed by atoms with Gasteiger partial charge >= 0.3 is 11.9 Å². The van der Waals surface area contributed by atoms with Gasteiger partial charge in [-0.2, -0.15) is 0 Å². The van der Waals surface area contributed by atoms with E-state index in [-0.39, 0.29) is 18.8 Å². The summed E-state index contributed by atoms with van der Waals surface area (Å²) in [5.74, 6) is -5.14. The Morgan fingerprint density at radius 1 is 1.00 bits per heavy atom. The molecule has 1 aromatic rings. The highest BCUT2D eigenvalue weighted by Crippen LogP contribution is 2.09. The first-order valence-corrected chi connectivity index (χ1v) is 11.5. The van der Waals surface area contributed by atoms with Crippen LogP contribution in [0.25, 0.3) is 0 Å². The lowest BCUT2D eigenvalue weighted by Gasteiger charge is -2.27. The summed E-state index contributed by atoms with van der Waals surface area (Å²) < 4.78 is 0. The first-order valence-electron chi connectivity index (χ1n) is 11.5. The Bertz CT molecular complexity index is 874. The molecular weight excluding hydrogens is 460 g/mol. The highest BCUT2D eigenvalue weighted by molar-refractivity contribution is 5.94. The molecular formula is C22H36N6O7. The van der Waals surface area contributed by atoms with E-state index >= 15 is 0 Å². The molecule has 13 heteroatoms. The fourth-order valence-electron chi connectivity index (χ4n) is 3.18. The lowest BCUT2D eigenvalue weighted by Crippen LogP contribution is -2.59. The Hall–Kier alpha value is -3.48. The number of rotatable bonds is 15. The highest BCUT2D eigenvalue weighted by Gasteiger charge is 2.32. The van der Waals surface area contributed by atoms with Crippen LogP contribution in [0.1, 0.15) is 52.7 Å². The summed E-state index contributed by atoms with van der Waals surface area (Å²) in [4.78, 5) is 67.6. The molecule has 0 saturated carbocycles. The summed E-state index contributed by atoms with van der Waals surface area (Å²) in [6.45, 7) is 7.01. The minimum absolute atomic E-state index is 0.0492. The van der Waals surface area contributed by atoms with Crippen LogP contribution < -0.4 is 21.7 Å². The van der Waals surface area contributed by atoms with E-state index in [9.17, 15) is 29.1 Å². The van der Waals surface area contributed by atoms with Crippen molar-refractivity contribution < 1.29 is 34.2 Å². The van der Waals surface area contributed by atoms with Crippen molar-refractivity contribution in [2.75, 3.05) is 0 Å². The van der Waals surface area contributed by atoms with Crippen LogP contribution in [-0.4, -0.2) is 74.0 Å². The first-order chi connectivity index (χ1) is 16.4. The molecule has 5 unspecified atom stereocenters. The average molecular weight is 497 g/mol. The molecule has 1 rings (SSSR count). The van der Waals surface area contributed by atoms with Crippen LogP contribution >= 0.6 is 0 Å². The molecule has 8 N–H and O–H groups in total. The number of hydrogen-bond acceptors (Lipinski definition) is 7. The monoisotopic (exact) mass is 496 g/mol. The molecule has 0 aliphatic rings. The molecule has 35 heavy (non-hydrogen) atoms. The van der Waals surface area contributed by atoms with Crippen molar-refractivity contribution in [3.8, 4) is 0 Å². The molecule has 0 spiro atoms. The van der Waals surface area contributed by atoms with Crippen molar-refractivity contribution >= 4 is 29.7 Å². The Kier molecular flexibility index (Phi) is 11.9. The highest BCUT2D eigenvalue weighted by atomic mass is 16.4. The fourth-order valence-corrected chi connectivity index (χ4v) is 3.18. The third kappa shape index (κ3) is 9.73. The second kappa shape index (κ2) is 14.0. The van der Waals surface area contributed by atoms with Gasteiger partial charge in [-0.25, -0.2) is 9.78 Å². The Morgan fingerprint density at radius 2 is 1.63 bits per heavy atom. The Morgan fingerprint density at radius 3 is 2.11 bits per heavy atom. The van der Waals surface area contributed by atoms with E-state index in [4.69, 9.17) is 10.8 Å². The molecule has 0 saturated heterocycles. The smallest absolute Gasteiger partial charge is 0.326 e. The third-order valence-corrected chi connectivity index (χ3v) is 5.68. The van der Waals surface area contributed by atoms with Gasteiger partial charge in [0.15, 0.2) is 0 Å². The van der Waals surface area contributed by atoms with Crippen molar-refractivity contribution in [1.82, 2.24) is 25.9 Å². The van der Waals surface area contributed by atoms with Crippen molar-refractivity contribution in [2.24, 2.45) is 17.6 Å². The van der Waals surface area contributed by atoms with Crippen LogP contribution in [0.4, 0.5) is 0 Å². The Balaban J connectivity index is 3.02. The zero-order valence-electron chi connectivity index (χ0n) is 20.4. The van der Waals surface area contributed by atoms with E-state index in [2.05, 4.69) is 25.9 Å². The van der Waals surface area contributed by atoms with Gasteiger partial charge in [0, 0.05) is 24.7 Å². The lowest BCUT2D eigenvalue weighted by atomic mass is 9.98. The number of carboxylic acid groups (broad SMARTS) is 2. The maximum Gasteiger partial charge on any atom is 0.326 e. The minimum atomic E-state index is -1.44. The van der Waals surface area contributed by atoms with Gasteiger partial charge in [-0.1, -0.05) is 34.1 Å². The number of hydrogen-bond donors (Lipinski definition) is 7. The topological polar surface area (TPSA) is 217 Å². The van der Waals surface area contributed by atoms with Gasteiger partial charge in [-0.15, -0.1) is 0 Å². The summed E-state index contributed by atoms with van der Waals surface area (Å²) in [7, 11) is 0. The number of amides is 3. The minimum Gasteiger partial charge on any atom is -0.481 e. The second-order valence-corrected chi connectivity index (χ2v) is 8.82. The number of carboxylic acids is 2. The number of nitrogens with one attached hydrogen (secondary N) is 4. The van der Waals surface area contributed by atoms with Crippen LogP contribution in [0.2, 0.25) is 0 Å². The molecule has 3 amide bonds. The van der Waals surface area contributed by atoms with Gasteiger partial charge in [-0.3, -0.25) is 19.2 Å². The number of carbonyl (C=O) groups is 5. The number of aromatic nitrogens is 2. The zero-order chi connectivity index (χ0) is 26.7. The molecule has 1 aromatic heterocycles. The van der Waals surface area contributed by atoms with Crippen molar-refractivity contribution in [3.05, 3.63) is 18.2 Å². The molecule has 1 heterocycles. The van der Waals surface area contributed by atoms with E-state index < -0.39 is 66.2 Å². The van der Waals surface area contributed by atoms with Crippen molar-refractivity contribution in [2.45, 2.75) is 77.5 Å². The number of aromatic amines is 1. The van der Waals surface area contributed by atoms with Crippen LogP contribution in [0.15, 0.2) is 12.5 Å². The standard InChI is InChI=1S/C22H36N6O7/c1-5-12(4)17(23)20(32)27-15(8-13-9-24-10-25-13)19(31)28-18(11(2)3)21(33)26-14(22(34)35)6-7-16(29)30/h9-12,14-15,17-18H,5-8,23H2,1-4H3,(H,24,25)(H,26,33)(H,27,32)(H,28,31)(H,29,30)(H,34,35). The molecule has 5 atom stereocenters. The quantitative estimate of drug-likeness (QED) is 0.164. The van der Waals surface area contributed by atoms with Gasteiger partial charge < -0.3 is 36.9 Å². The van der Waals surface area contributed by atoms with Gasteiger partial charge in [0.05, 0.1) is 12.4 Å². The fraction of sp³-hybridized carbons (Fsp3) is 0.636. The molecule has 0 aliphatic carbocycles. The second-order valence-electron chi connectivity index (χ2n) is 8.82. The lowest BCUT2D eigenvalue weighted by molar-refractivity contribution is -0.143. The third-order valence-electron chi connectivity index (χ3n) is 5.68. The van der Waals surface area contributed by atoms with Gasteiger partial charge in [0.1, 0.15) is 18.1 Å². The van der Waals surface area contributed by atoms with Gasteiger partial charge in [0.25, 0.3) is 0 Å². The summed E-state index contributed by atoms with van der Waals surface area (Å²) in [5, 5.41) is 25.6. The maximum atomic E-state index is 13.1. The maximum absolute atomic E-state index is 13.1. The normalized spacial score (nSPS) is 15.4. The Labute approximate surface area is 203 Å². The van der Waals surface area contributed by atoms with Crippen LogP contribution in [-0.2, 0) is 30.4 Å². The van der Waals surface area contributed by atoms with Gasteiger partial charge in [0.2, 0.25) is 17.7 Å². The zero-order valence-corrected chi connectivity index (χ0v) is 20.4. The largest absolute Gasteiger partial charge is 0.481 e. The van der Waals surface area contributed by atoms with E-state index in [0.29, 0.717) is 12.1 Å². The molecule has 196 valence electrons. The SMILES string of the molecule is CCC(C)C(N)C(=O)NC(Cc1cnc[nH]1)C(=O)NC(C(=O)NC(CCC(=O)O)C(=O)O)C(C)C. The molecule has 13 nitrogen and oxygen atoms in total. The van der Waals surface area contributed by atoms with E-state index in [1.807, 2.05) is 13.8 Å². The summed E-state index contributed by atoms with van der Waals surface area (Å²) in [6.07, 6.45) is 2.85. The molecule has 0 aliphatic heterocycles. The van der Waals surface area contributed by atoms with Crippen LogP contribution in [0.3, 0.4) is 0 Å². The number of carbonyl (C=O) groups excluding carboxylic acids is 3. The number of imidazole rings is 1. The number of aliphatic carboxylic acids is 2. The summed E-state index contributed by atoms with van der Waals surface area (Å²) in [6, 6.07) is -4.51. The molecule has 0 bridgehead atoms. The number of nitrogens with two attached hydrogens (primary N) is 1. The average Bonchev–Trinajstić information content (AvgIpc) is 3.30. The van der Waals surface area contributed by atoms with Crippen molar-refractivity contribution in [3.63, 3.8) is 0 Å². The summed E-state index contributed by atoms with van der Waals surface area (Å²) in [5.41, 5.74) is 6.56.